The maximum Gasteiger partial charge on any atom is 0.243 e. The van der Waals surface area contributed by atoms with Crippen molar-refractivity contribution >= 4 is 15.7 Å². The fourth-order valence-electron chi connectivity index (χ4n) is 2.29. The molecule has 0 saturated heterocycles. The Hall–Kier alpha value is -1.11. The van der Waals surface area contributed by atoms with Crippen LogP contribution in [0.1, 0.15) is 25.0 Å². The zero-order valence-corrected chi connectivity index (χ0v) is 13.6. The highest BCUT2D eigenvalue weighted by atomic mass is 32.2. The maximum absolute atomic E-state index is 12.8. The molecule has 1 aromatic carbocycles. The maximum atomic E-state index is 12.8. The number of methoxy groups -OCH3 is 1. The molecule has 1 atom stereocenters. The molecular weight excluding hydrogens is 276 g/mol. The first kappa shape index (κ1) is 16.9. The van der Waals surface area contributed by atoms with E-state index in [0.717, 1.165) is 11.1 Å². The van der Waals surface area contributed by atoms with Crippen molar-refractivity contribution in [2.45, 2.75) is 38.6 Å². The van der Waals surface area contributed by atoms with E-state index in [1.54, 1.807) is 20.1 Å². The molecule has 0 aliphatic heterocycles. The van der Waals surface area contributed by atoms with E-state index in [1.165, 1.54) is 10.4 Å². The van der Waals surface area contributed by atoms with Crippen LogP contribution in [0.5, 0.6) is 0 Å². The second kappa shape index (κ2) is 6.56. The van der Waals surface area contributed by atoms with Crippen molar-refractivity contribution < 1.29 is 13.2 Å². The van der Waals surface area contributed by atoms with Gasteiger partial charge in [0.15, 0.2) is 0 Å². The van der Waals surface area contributed by atoms with Crippen molar-refractivity contribution in [3.8, 4) is 0 Å². The molecule has 5 nitrogen and oxygen atoms in total. The summed E-state index contributed by atoms with van der Waals surface area (Å²) in [5, 5.41) is 0. The molecule has 0 aromatic heterocycles. The van der Waals surface area contributed by atoms with E-state index < -0.39 is 10.0 Å². The number of benzene rings is 1. The monoisotopic (exact) mass is 300 g/mol. The van der Waals surface area contributed by atoms with Crippen molar-refractivity contribution in [2.24, 2.45) is 0 Å². The number of anilines is 1. The van der Waals surface area contributed by atoms with E-state index in [4.69, 9.17) is 10.5 Å². The summed E-state index contributed by atoms with van der Waals surface area (Å²) >= 11 is 0. The summed E-state index contributed by atoms with van der Waals surface area (Å²) in [6.07, 6.45) is 0. The summed E-state index contributed by atoms with van der Waals surface area (Å²) in [6.45, 7) is 8.06. The number of hydrogen-bond acceptors (Lipinski definition) is 4. The average Bonchev–Trinajstić information content (AvgIpc) is 2.34. The Morgan fingerprint density at radius 2 is 1.95 bits per heavy atom. The van der Waals surface area contributed by atoms with Gasteiger partial charge in [-0.05, 0) is 44.0 Å². The molecule has 2 N–H and O–H groups in total. The van der Waals surface area contributed by atoms with Gasteiger partial charge >= 0.3 is 0 Å². The lowest BCUT2D eigenvalue weighted by Crippen LogP contribution is -2.41. The van der Waals surface area contributed by atoms with Gasteiger partial charge in [0, 0.05) is 25.4 Å². The van der Waals surface area contributed by atoms with Crippen LogP contribution in [-0.2, 0) is 14.8 Å². The Bertz CT molecular complexity index is 570. The second-order valence-electron chi connectivity index (χ2n) is 4.97. The highest BCUT2D eigenvalue weighted by Crippen LogP contribution is 2.26. The van der Waals surface area contributed by atoms with Crippen LogP contribution >= 0.6 is 0 Å². The van der Waals surface area contributed by atoms with E-state index in [9.17, 15) is 8.42 Å². The zero-order chi connectivity index (χ0) is 15.5. The SMILES string of the molecule is CCN(C(C)COC)S(=O)(=O)c1cc(N)cc(C)c1C. The summed E-state index contributed by atoms with van der Waals surface area (Å²) in [4.78, 5) is 0.278. The van der Waals surface area contributed by atoms with Crippen LogP contribution in [0.25, 0.3) is 0 Å². The summed E-state index contributed by atoms with van der Waals surface area (Å²) in [6, 6.07) is 3.08. The van der Waals surface area contributed by atoms with Crippen LogP contribution < -0.4 is 5.73 Å². The number of nitrogens with zero attached hydrogens (tertiary/aromatic N) is 1. The minimum atomic E-state index is -3.57. The van der Waals surface area contributed by atoms with E-state index in [2.05, 4.69) is 0 Å². The van der Waals surface area contributed by atoms with Crippen LogP contribution in [0.3, 0.4) is 0 Å². The van der Waals surface area contributed by atoms with Gasteiger partial charge in [0.1, 0.15) is 0 Å². The van der Waals surface area contributed by atoms with E-state index >= 15 is 0 Å². The first-order valence-electron chi connectivity index (χ1n) is 6.63. The quantitative estimate of drug-likeness (QED) is 0.815. The Labute approximate surface area is 121 Å². The van der Waals surface area contributed by atoms with Gasteiger partial charge in [0.05, 0.1) is 11.5 Å². The largest absolute Gasteiger partial charge is 0.399 e. The molecule has 0 aliphatic rings. The number of sulfonamides is 1. The Kier molecular flexibility index (Phi) is 5.56. The lowest BCUT2D eigenvalue weighted by molar-refractivity contribution is 0.142. The van der Waals surface area contributed by atoms with Crippen molar-refractivity contribution in [2.75, 3.05) is 26.0 Å². The van der Waals surface area contributed by atoms with Crippen molar-refractivity contribution in [1.29, 1.82) is 0 Å². The molecular formula is C14H24N2O3S. The molecule has 0 heterocycles. The topological polar surface area (TPSA) is 72.6 Å². The summed E-state index contributed by atoms with van der Waals surface area (Å²) in [5.41, 5.74) is 7.87. The fraction of sp³-hybridized carbons (Fsp3) is 0.571. The van der Waals surface area contributed by atoms with E-state index in [-0.39, 0.29) is 10.9 Å². The summed E-state index contributed by atoms with van der Waals surface area (Å²) in [7, 11) is -2.01. The molecule has 1 rings (SSSR count). The van der Waals surface area contributed by atoms with Crippen LogP contribution in [0.4, 0.5) is 5.69 Å². The fourth-order valence-corrected chi connectivity index (χ4v) is 4.25. The summed E-state index contributed by atoms with van der Waals surface area (Å²) < 4.78 is 32.1. The van der Waals surface area contributed by atoms with Crippen molar-refractivity contribution in [1.82, 2.24) is 4.31 Å². The summed E-state index contributed by atoms with van der Waals surface area (Å²) in [5.74, 6) is 0. The Balaban J connectivity index is 3.35. The van der Waals surface area contributed by atoms with Gasteiger partial charge in [-0.25, -0.2) is 8.42 Å². The normalized spacial score (nSPS) is 13.7. The minimum absolute atomic E-state index is 0.226. The number of ether oxygens (including phenoxy) is 1. The molecule has 0 radical (unpaired) electrons. The number of nitrogens with two attached hydrogens (primary N) is 1. The van der Waals surface area contributed by atoms with Gasteiger partial charge in [-0.1, -0.05) is 6.92 Å². The zero-order valence-electron chi connectivity index (χ0n) is 12.8. The van der Waals surface area contributed by atoms with Gasteiger partial charge in [0.2, 0.25) is 10.0 Å². The van der Waals surface area contributed by atoms with Crippen LogP contribution in [0, 0.1) is 13.8 Å². The standard InChI is InChI=1S/C14H24N2O3S/c1-6-16(11(3)9-19-5)20(17,18)14-8-13(15)7-10(2)12(14)4/h7-8,11H,6,9,15H2,1-5H3. The third kappa shape index (κ3) is 3.31. The van der Waals surface area contributed by atoms with E-state index in [0.29, 0.717) is 18.8 Å². The molecule has 0 bridgehead atoms. The lowest BCUT2D eigenvalue weighted by atomic mass is 10.1. The van der Waals surface area contributed by atoms with Gasteiger partial charge < -0.3 is 10.5 Å². The molecule has 0 spiro atoms. The van der Waals surface area contributed by atoms with E-state index in [1.807, 2.05) is 20.8 Å². The number of aryl methyl sites for hydroxylation is 1. The molecule has 114 valence electrons. The third-order valence-corrected chi connectivity index (χ3v) is 5.66. The predicted molar refractivity (Wildman–Crippen MR) is 81.2 cm³/mol. The molecule has 6 heteroatoms. The highest BCUT2D eigenvalue weighted by Gasteiger charge is 2.29. The molecule has 0 aliphatic carbocycles. The van der Waals surface area contributed by atoms with Crippen LogP contribution in [-0.4, -0.2) is 39.0 Å². The molecule has 0 saturated carbocycles. The molecule has 1 unspecified atom stereocenters. The van der Waals surface area contributed by atoms with Crippen molar-refractivity contribution in [3.63, 3.8) is 0 Å². The van der Waals surface area contributed by atoms with Gasteiger partial charge in [-0.2, -0.15) is 4.31 Å². The predicted octanol–water partition coefficient (Wildman–Crippen LogP) is 1.93. The smallest absolute Gasteiger partial charge is 0.243 e. The number of nitrogen functional groups attached to an aromatic ring is 1. The second-order valence-corrected chi connectivity index (χ2v) is 6.83. The molecule has 0 fully saturated rings. The minimum Gasteiger partial charge on any atom is -0.399 e. The first-order valence-corrected chi connectivity index (χ1v) is 8.07. The van der Waals surface area contributed by atoms with Crippen LogP contribution in [0.2, 0.25) is 0 Å². The third-order valence-electron chi connectivity index (χ3n) is 3.44. The van der Waals surface area contributed by atoms with Gasteiger partial charge in [0.25, 0.3) is 0 Å². The number of likely N-dealkylation sites (N-methyl/N-ethyl adjacent to an activating group) is 1. The van der Waals surface area contributed by atoms with Crippen LogP contribution in [0.15, 0.2) is 17.0 Å². The van der Waals surface area contributed by atoms with Gasteiger partial charge in [-0.3, -0.25) is 0 Å². The number of hydrogen-bond donors (Lipinski definition) is 1. The highest BCUT2D eigenvalue weighted by molar-refractivity contribution is 7.89. The Morgan fingerprint density at radius 3 is 2.45 bits per heavy atom. The average molecular weight is 300 g/mol. The van der Waals surface area contributed by atoms with Crippen molar-refractivity contribution in [3.05, 3.63) is 23.3 Å². The molecule has 20 heavy (non-hydrogen) atoms. The number of rotatable bonds is 6. The Morgan fingerprint density at radius 1 is 1.35 bits per heavy atom. The molecule has 1 aromatic rings. The first-order chi connectivity index (χ1) is 9.25. The molecule has 0 amide bonds. The lowest BCUT2D eigenvalue weighted by Gasteiger charge is -2.27. The van der Waals surface area contributed by atoms with Gasteiger partial charge in [-0.15, -0.1) is 0 Å².